The highest BCUT2D eigenvalue weighted by Crippen LogP contribution is 2.33. The summed E-state index contributed by atoms with van der Waals surface area (Å²) in [5, 5.41) is 5.92. The van der Waals surface area contributed by atoms with Gasteiger partial charge in [0, 0.05) is 41.3 Å². The molecule has 5 nitrogen and oxygen atoms in total. The van der Waals surface area contributed by atoms with Crippen molar-refractivity contribution in [3.05, 3.63) is 35.3 Å². The van der Waals surface area contributed by atoms with Crippen LogP contribution in [-0.4, -0.2) is 34.3 Å². The number of hydrogen-bond donors (Lipinski definition) is 1. The number of anilines is 1. The second-order valence-corrected chi connectivity index (χ2v) is 7.40. The molecule has 4 rings (SSSR count). The number of nitrogens with zero attached hydrogens (tertiary/aromatic N) is 2. The summed E-state index contributed by atoms with van der Waals surface area (Å²) >= 11 is 1.59. The number of amides is 2. The molecule has 1 aromatic heterocycles. The van der Waals surface area contributed by atoms with Gasteiger partial charge in [-0.2, -0.15) is 0 Å². The lowest BCUT2D eigenvalue weighted by molar-refractivity contribution is -0.128. The van der Waals surface area contributed by atoms with Gasteiger partial charge in [-0.05, 0) is 31.9 Å². The van der Waals surface area contributed by atoms with Gasteiger partial charge in [-0.3, -0.25) is 9.59 Å². The van der Waals surface area contributed by atoms with Gasteiger partial charge in [-0.15, -0.1) is 11.3 Å². The third kappa shape index (κ3) is 3.06. The molecule has 2 fully saturated rings. The number of aromatic nitrogens is 1. The number of benzene rings is 1. The van der Waals surface area contributed by atoms with Gasteiger partial charge in [0.05, 0.1) is 5.92 Å². The van der Waals surface area contributed by atoms with Gasteiger partial charge in [0.1, 0.15) is 5.01 Å². The number of nitrogens with one attached hydrogen (secondary N) is 1. The summed E-state index contributed by atoms with van der Waals surface area (Å²) in [6.07, 6.45) is 2.48. The average molecular weight is 341 g/mol. The first-order valence-electron chi connectivity index (χ1n) is 8.23. The summed E-state index contributed by atoms with van der Waals surface area (Å²) in [5.74, 6) is -0.201. The van der Waals surface area contributed by atoms with Crippen molar-refractivity contribution in [2.75, 3.05) is 11.9 Å². The van der Waals surface area contributed by atoms with Gasteiger partial charge in [-0.25, -0.2) is 4.98 Å². The van der Waals surface area contributed by atoms with Crippen LogP contribution in [0.15, 0.2) is 29.6 Å². The molecule has 1 atom stereocenters. The lowest BCUT2D eigenvalue weighted by Gasteiger charge is -2.15. The molecule has 2 heterocycles. The Balaban J connectivity index is 1.45. The van der Waals surface area contributed by atoms with Crippen LogP contribution in [0.3, 0.4) is 0 Å². The second kappa shape index (κ2) is 6.02. The van der Waals surface area contributed by atoms with E-state index >= 15 is 0 Å². The summed E-state index contributed by atoms with van der Waals surface area (Å²) in [5.41, 5.74) is 2.74. The van der Waals surface area contributed by atoms with Crippen molar-refractivity contribution in [2.24, 2.45) is 5.92 Å². The number of thiazole rings is 1. The standard InChI is InChI=1S/C18H19N3O2S/c1-11-10-24-18(19-11)12-3-2-4-14(7-12)20-17(23)13-8-16(22)21(9-13)15-5-6-15/h2-4,7,10,13,15H,5-6,8-9H2,1H3,(H,20,23)/t13-/m0/s1. The van der Waals surface area contributed by atoms with Crippen molar-refractivity contribution in [3.63, 3.8) is 0 Å². The van der Waals surface area contributed by atoms with E-state index in [1.54, 1.807) is 11.3 Å². The minimum Gasteiger partial charge on any atom is -0.339 e. The highest BCUT2D eigenvalue weighted by atomic mass is 32.1. The van der Waals surface area contributed by atoms with Crippen molar-refractivity contribution < 1.29 is 9.59 Å². The molecular formula is C18H19N3O2S. The van der Waals surface area contributed by atoms with Crippen molar-refractivity contribution >= 4 is 28.8 Å². The summed E-state index contributed by atoms with van der Waals surface area (Å²) in [6.45, 7) is 2.52. The van der Waals surface area contributed by atoms with Gasteiger partial charge in [0.2, 0.25) is 11.8 Å². The Hall–Kier alpha value is -2.21. The highest BCUT2D eigenvalue weighted by Gasteiger charge is 2.41. The van der Waals surface area contributed by atoms with Crippen molar-refractivity contribution in [1.29, 1.82) is 0 Å². The van der Waals surface area contributed by atoms with Crippen LogP contribution in [0, 0.1) is 12.8 Å². The Kier molecular flexibility index (Phi) is 3.84. The van der Waals surface area contributed by atoms with Gasteiger partial charge in [0.25, 0.3) is 0 Å². The monoisotopic (exact) mass is 341 g/mol. The first-order valence-corrected chi connectivity index (χ1v) is 9.11. The molecule has 6 heteroatoms. The zero-order valence-corrected chi connectivity index (χ0v) is 14.3. The zero-order chi connectivity index (χ0) is 16.7. The van der Waals surface area contributed by atoms with Crippen LogP contribution in [0.5, 0.6) is 0 Å². The lowest BCUT2D eigenvalue weighted by atomic mass is 10.1. The molecule has 0 radical (unpaired) electrons. The quantitative estimate of drug-likeness (QED) is 0.930. The Bertz CT molecular complexity index is 797. The van der Waals surface area contributed by atoms with E-state index in [0.29, 0.717) is 19.0 Å². The first-order chi connectivity index (χ1) is 11.6. The third-order valence-electron chi connectivity index (χ3n) is 4.51. The smallest absolute Gasteiger partial charge is 0.229 e. The van der Waals surface area contributed by atoms with Gasteiger partial charge >= 0.3 is 0 Å². The van der Waals surface area contributed by atoms with Crippen LogP contribution < -0.4 is 5.32 Å². The predicted octanol–water partition coefficient (Wildman–Crippen LogP) is 3.07. The van der Waals surface area contributed by atoms with E-state index in [1.807, 2.05) is 41.5 Å². The minimum absolute atomic E-state index is 0.0704. The van der Waals surface area contributed by atoms with Gasteiger partial charge in [-0.1, -0.05) is 12.1 Å². The molecule has 0 unspecified atom stereocenters. The Labute approximate surface area is 144 Å². The molecule has 1 saturated carbocycles. The fourth-order valence-electron chi connectivity index (χ4n) is 3.11. The van der Waals surface area contributed by atoms with E-state index in [4.69, 9.17) is 0 Å². The fraction of sp³-hybridized carbons (Fsp3) is 0.389. The predicted molar refractivity (Wildman–Crippen MR) is 93.8 cm³/mol. The molecular weight excluding hydrogens is 322 g/mol. The number of rotatable bonds is 4. The Morgan fingerprint density at radius 2 is 2.21 bits per heavy atom. The number of hydrogen-bond acceptors (Lipinski definition) is 4. The highest BCUT2D eigenvalue weighted by molar-refractivity contribution is 7.13. The van der Waals surface area contributed by atoms with Gasteiger partial charge < -0.3 is 10.2 Å². The van der Waals surface area contributed by atoms with Gasteiger partial charge in [0.15, 0.2) is 0 Å². The van der Waals surface area contributed by atoms with Crippen LogP contribution in [0.1, 0.15) is 25.0 Å². The van der Waals surface area contributed by atoms with E-state index in [-0.39, 0.29) is 17.7 Å². The van der Waals surface area contributed by atoms with E-state index in [1.165, 1.54) is 0 Å². The maximum absolute atomic E-state index is 12.5. The number of carbonyl (C=O) groups excluding carboxylic acids is 2. The van der Waals surface area contributed by atoms with Crippen molar-refractivity contribution in [1.82, 2.24) is 9.88 Å². The van der Waals surface area contributed by atoms with E-state index < -0.39 is 0 Å². The minimum atomic E-state index is -0.246. The number of likely N-dealkylation sites (tertiary alicyclic amines) is 1. The molecule has 2 aromatic rings. The molecule has 124 valence electrons. The second-order valence-electron chi connectivity index (χ2n) is 6.54. The van der Waals surface area contributed by atoms with Crippen LogP contribution >= 0.6 is 11.3 Å². The third-order valence-corrected chi connectivity index (χ3v) is 5.52. The SMILES string of the molecule is Cc1csc(-c2cccc(NC(=O)[C@H]3CC(=O)N(C4CC4)C3)c2)n1. The molecule has 1 N–H and O–H groups in total. The number of carbonyl (C=O) groups is 2. The lowest BCUT2D eigenvalue weighted by Crippen LogP contribution is -2.29. The zero-order valence-electron chi connectivity index (χ0n) is 13.5. The van der Waals surface area contributed by atoms with E-state index in [0.717, 1.165) is 34.8 Å². The Morgan fingerprint density at radius 1 is 1.38 bits per heavy atom. The fourth-order valence-corrected chi connectivity index (χ4v) is 3.90. The maximum atomic E-state index is 12.5. The molecule has 24 heavy (non-hydrogen) atoms. The average Bonchev–Trinajstić information content (AvgIpc) is 3.19. The van der Waals surface area contributed by atoms with Crippen molar-refractivity contribution in [2.45, 2.75) is 32.2 Å². The summed E-state index contributed by atoms with van der Waals surface area (Å²) in [6, 6.07) is 8.09. The van der Waals surface area contributed by atoms with Crippen molar-refractivity contribution in [3.8, 4) is 10.6 Å². The molecule has 2 amide bonds. The number of aryl methyl sites for hydroxylation is 1. The topological polar surface area (TPSA) is 62.3 Å². The summed E-state index contributed by atoms with van der Waals surface area (Å²) < 4.78 is 0. The molecule has 0 bridgehead atoms. The molecule has 1 saturated heterocycles. The van der Waals surface area contributed by atoms with E-state index in [2.05, 4.69) is 10.3 Å². The van der Waals surface area contributed by atoms with Crippen LogP contribution in [0.25, 0.3) is 10.6 Å². The normalized spacial score (nSPS) is 20.5. The molecule has 1 aliphatic heterocycles. The molecule has 1 aromatic carbocycles. The van der Waals surface area contributed by atoms with Crippen LogP contribution in [0.2, 0.25) is 0 Å². The molecule has 0 spiro atoms. The Morgan fingerprint density at radius 3 is 2.92 bits per heavy atom. The summed E-state index contributed by atoms with van der Waals surface area (Å²) in [7, 11) is 0. The largest absolute Gasteiger partial charge is 0.339 e. The van der Waals surface area contributed by atoms with E-state index in [9.17, 15) is 9.59 Å². The maximum Gasteiger partial charge on any atom is 0.229 e. The summed E-state index contributed by atoms with van der Waals surface area (Å²) in [4.78, 5) is 30.9. The first kappa shape index (κ1) is 15.3. The molecule has 2 aliphatic rings. The van der Waals surface area contributed by atoms with Crippen LogP contribution in [-0.2, 0) is 9.59 Å². The van der Waals surface area contributed by atoms with Crippen LogP contribution in [0.4, 0.5) is 5.69 Å². The molecule has 1 aliphatic carbocycles.